The second-order valence-electron chi connectivity index (χ2n) is 14.7. The Morgan fingerprint density at radius 1 is 0.755 bits per heavy atom. The Balaban J connectivity index is 0.000000161. The van der Waals surface area contributed by atoms with Gasteiger partial charge in [-0.15, -0.1) is 13.2 Å². The third-order valence-corrected chi connectivity index (χ3v) is 12.0. The number of aliphatic hydroxyl groups is 2. The number of ether oxygens (including phenoxy) is 2. The van der Waals surface area contributed by atoms with Crippen LogP contribution in [0.15, 0.2) is 86.2 Å². The van der Waals surface area contributed by atoms with E-state index in [1.807, 2.05) is 48.5 Å². The molecule has 284 valence electrons. The van der Waals surface area contributed by atoms with Crippen LogP contribution in [0.4, 0.5) is 0 Å². The van der Waals surface area contributed by atoms with Gasteiger partial charge in [0.1, 0.15) is 35.8 Å². The second-order valence-corrected chi connectivity index (χ2v) is 15.5. The summed E-state index contributed by atoms with van der Waals surface area (Å²) in [5.41, 5.74) is 3.75. The Labute approximate surface area is 311 Å². The predicted octanol–water partition coefficient (Wildman–Crippen LogP) is 2.17. The molecule has 13 heteroatoms. The summed E-state index contributed by atoms with van der Waals surface area (Å²) in [6.07, 6.45) is 11.5. The van der Waals surface area contributed by atoms with Crippen molar-refractivity contribution in [1.29, 1.82) is 0 Å². The summed E-state index contributed by atoms with van der Waals surface area (Å²) in [5, 5.41) is 24.3. The highest BCUT2D eigenvalue weighted by Gasteiger charge is 2.47. The van der Waals surface area contributed by atoms with Crippen molar-refractivity contribution in [1.82, 2.24) is 9.97 Å². The summed E-state index contributed by atoms with van der Waals surface area (Å²) in [6.45, 7) is 12.5. The van der Waals surface area contributed by atoms with Gasteiger partial charge in [-0.1, -0.05) is 12.2 Å². The van der Waals surface area contributed by atoms with Gasteiger partial charge >= 0.3 is 0 Å². The van der Waals surface area contributed by atoms with Crippen molar-refractivity contribution in [2.24, 2.45) is 23.7 Å². The summed E-state index contributed by atoms with van der Waals surface area (Å²) in [6, 6.07) is 16.2. The summed E-state index contributed by atoms with van der Waals surface area (Å²) in [7, 11) is -1.84. The fraction of sp³-hybridized carbons (Fsp3) is 0.450. The molecule has 2 aromatic heterocycles. The molecule has 8 heterocycles. The van der Waals surface area contributed by atoms with Gasteiger partial charge in [-0.25, -0.2) is 0 Å². The zero-order valence-electron chi connectivity index (χ0n) is 30.3. The van der Waals surface area contributed by atoms with E-state index in [1.165, 1.54) is 22.6 Å². The fourth-order valence-electron chi connectivity index (χ4n) is 9.31. The molecular formula is C40H50N4O8S. The van der Waals surface area contributed by atoms with E-state index in [0.717, 1.165) is 83.5 Å². The van der Waals surface area contributed by atoms with Gasteiger partial charge in [-0.2, -0.15) is 0 Å². The van der Waals surface area contributed by atoms with Crippen molar-refractivity contribution >= 4 is 32.2 Å². The molecule has 0 amide bonds. The molecule has 4 aromatic rings. The highest BCUT2D eigenvalue weighted by Crippen LogP contribution is 2.36. The van der Waals surface area contributed by atoms with Gasteiger partial charge in [0.2, 0.25) is 0 Å². The number of hydrogen-bond acceptors (Lipinski definition) is 10. The minimum atomic E-state index is -5.17. The lowest BCUT2D eigenvalue weighted by molar-refractivity contribution is -0.949. The molecule has 0 radical (unpaired) electrons. The zero-order chi connectivity index (χ0) is 37.9. The maximum Gasteiger partial charge on any atom is 0.131 e. The van der Waals surface area contributed by atoms with E-state index in [-0.39, 0.29) is 12.1 Å². The van der Waals surface area contributed by atoms with Crippen molar-refractivity contribution in [3.8, 4) is 11.5 Å². The van der Waals surface area contributed by atoms with Gasteiger partial charge in [0, 0.05) is 71.1 Å². The molecule has 2 unspecified atom stereocenters. The van der Waals surface area contributed by atoms with Crippen LogP contribution >= 0.6 is 0 Å². The van der Waals surface area contributed by atoms with E-state index in [9.17, 15) is 10.2 Å². The Hall–Kier alpha value is -3.95. The van der Waals surface area contributed by atoms with Crippen molar-refractivity contribution in [2.45, 2.75) is 50.0 Å². The third-order valence-electron chi connectivity index (χ3n) is 12.0. The Kier molecular flexibility index (Phi) is 12.1. The summed E-state index contributed by atoms with van der Waals surface area (Å²) in [5.74, 6) is 4.14. The number of aromatic nitrogens is 2. The van der Waals surface area contributed by atoms with Crippen LogP contribution in [0.5, 0.6) is 11.5 Å². The number of nitrogens with one attached hydrogen (secondary N) is 2. The van der Waals surface area contributed by atoms with Crippen molar-refractivity contribution in [3.05, 3.63) is 97.4 Å². The summed E-state index contributed by atoms with van der Waals surface area (Å²) in [4.78, 5) is 11.9. The largest absolute Gasteiger partial charge is 0.759 e. The number of piperidine rings is 6. The molecule has 53 heavy (non-hydrogen) atoms. The molecule has 10 rings (SSSR count). The second kappa shape index (κ2) is 16.6. The highest BCUT2D eigenvalue weighted by atomic mass is 32.3. The lowest BCUT2D eigenvalue weighted by Crippen LogP contribution is -3.20. The summed E-state index contributed by atoms with van der Waals surface area (Å²) < 4.78 is 44.8. The van der Waals surface area contributed by atoms with E-state index in [2.05, 4.69) is 35.3 Å². The number of methoxy groups -OCH3 is 2. The number of benzene rings is 2. The topological polar surface area (TPSA) is 174 Å². The van der Waals surface area contributed by atoms with Gasteiger partial charge in [0.15, 0.2) is 0 Å². The predicted molar refractivity (Wildman–Crippen MR) is 199 cm³/mol. The number of quaternary nitrogens is 2. The molecule has 6 aliphatic rings. The molecule has 6 fully saturated rings. The van der Waals surface area contributed by atoms with E-state index < -0.39 is 22.6 Å². The van der Waals surface area contributed by atoms with Gasteiger partial charge in [-0.3, -0.25) is 18.4 Å². The minimum Gasteiger partial charge on any atom is -0.759 e. The standard InChI is InChI=1S/2C20H24N2O2.H2O4S/c2*1-3-13-12-22-9-7-14(13)10-19(22)20(23)16-6-8-21-18-5-4-15(24-2)11-17(16)18;1-5(2,3)4/h2*3-6,8,11,13-14,19-20,23H,1,7,9-10,12H2,2H3;(H2,1,2,3,4)/t2*13-,14-,19+,20+;/m00./s1. The van der Waals surface area contributed by atoms with E-state index >= 15 is 0 Å². The normalized spacial score (nSPS) is 28.5. The molecule has 0 saturated carbocycles. The fourth-order valence-corrected chi connectivity index (χ4v) is 9.31. The van der Waals surface area contributed by atoms with Crippen LogP contribution in [0, 0.1) is 23.7 Å². The molecule has 10 atom stereocenters. The number of hydrogen-bond donors (Lipinski definition) is 4. The van der Waals surface area contributed by atoms with E-state index in [4.69, 9.17) is 27.0 Å². The van der Waals surface area contributed by atoms with Crippen LogP contribution in [0.2, 0.25) is 0 Å². The first-order valence-corrected chi connectivity index (χ1v) is 19.6. The van der Waals surface area contributed by atoms with Crippen LogP contribution in [-0.4, -0.2) is 90.2 Å². The third kappa shape index (κ3) is 8.73. The molecule has 4 bridgehead atoms. The zero-order valence-corrected chi connectivity index (χ0v) is 31.1. The van der Waals surface area contributed by atoms with Crippen LogP contribution in [0.3, 0.4) is 0 Å². The first kappa shape index (κ1) is 38.8. The van der Waals surface area contributed by atoms with Crippen LogP contribution < -0.4 is 19.3 Å². The van der Waals surface area contributed by atoms with E-state index in [0.29, 0.717) is 23.7 Å². The van der Waals surface area contributed by atoms with Gasteiger partial charge < -0.3 is 38.6 Å². The monoisotopic (exact) mass is 746 g/mol. The SMILES string of the molecule is C=C[C@H]1C[NH+]2CC[C@H]1C[C@@H]2[C@H](O)c1ccnc2ccc(OC)cc12.C=C[C@H]1C[NH+]2CC[C@H]1C[C@@H]2[C@H](O)c1ccnc2ccc(OC)cc12.O=S(=O)([O-])[O-]. The number of aliphatic hydroxyl groups excluding tert-OH is 2. The number of nitrogens with zero attached hydrogens (tertiary/aromatic N) is 2. The molecule has 6 aliphatic heterocycles. The first-order chi connectivity index (χ1) is 25.4. The van der Waals surface area contributed by atoms with Gasteiger partial charge in [0.05, 0.1) is 51.4 Å². The number of pyridine rings is 2. The summed E-state index contributed by atoms with van der Waals surface area (Å²) >= 11 is 0. The average molecular weight is 747 g/mol. The number of fused-ring (bicyclic) bond motifs is 8. The maximum absolute atomic E-state index is 11.2. The lowest BCUT2D eigenvalue weighted by atomic mass is 9.73. The Morgan fingerprint density at radius 3 is 1.47 bits per heavy atom. The first-order valence-electron chi connectivity index (χ1n) is 18.2. The lowest BCUT2D eigenvalue weighted by Gasteiger charge is -2.47. The van der Waals surface area contributed by atoms with Crippen LogP contribution in [-0.2, 0) is 10.4 Å². The van der Waals surface area contributed by atoms with Gasteiger partial charge in [0.25, 0.3) is 0 Å². The van der Waals surface area contributed by atoms with Crippen molar-refractivity contribution in [3.63, 3.8) is 0 Å². The average Bonchev–Trinajstić information content (AvgIpc) is 3.19. The smallest absolute Gasteiger partial charge is 0.131 e. The molecule has 0 aliphatic carbocycles. The minimum absolute atomic E-state index is 0.261. The van der Waals surface area contributed by atoms with Crippen LogP contribution in [0.25, 0.3) is 21.8 Å². The molecular weight excluding hydrogens is 697 g/mol. The van der Waals surface area contributed by atoms with Crippen LogP contribution in [0.1, 0.15) is 49.0 Å². The van der Waals surface area contributed by atoms with Gasteiger partial charge in [-0.05, 0) is 71.5 Å². The molecule has 0 spiro atoms. The maximum atomic E-state index is 11.2. The highest BCUT2D eigenvalue weighted by molar-refractivity contribution is 7.79. The van der Waals surface area contributed by atoms with Crippen molar-refractivity contribution < 1.29 is 47.0 Å². The quantitative estimate of drug-likeness (QED) is 0.119. The van der Waals surface area contributed by atoms with E-state index in [1.54, 1.807) is 26.6 Å². The Morgan fingerprint density at radius 2 is 1.15 bits per heavy atom. The molecule has 12 nitrogen and oxygen atoms in total. The molecule has 4 N–H and O–H groups in total. The molecule has 2 aromatic carbocycles. The molecule has 6 saturated heterocycles. The van der Waals surface area contributed by atoms with Crippen molar-refractivity contribution in [2.75, 3.05) is 40.4 Å². The Bertz CT molecular complexity index is 1890. The number of rotatable bonds is 8.